The second-order valence-electron chi connectivity index (χ2n) is 4.56. The van der Waals surface area contributed by atoms with E-state index in [4.69, 9.17) is 0 Å². The minimum Gasteiger partial charge on any atom is -0.347 e. The predicted octanol–water partition coefficient (Wildman–Crippen LogP) is 3.97. The summed E-state index contributed by atoms with van der Waals surface area (Å²) in [6.07, 6.45) is 0. The molecule has 0 aliphatic rings. The van der Waals surface area contributed by atoms with Gasteiger partial charge in [0.2, 0.25) is 0 Å². The van der Waals surface area contributed by atoms with E-state index in [-0.39, 0.29) is 17.2 Å². The molecule has 110 valence electrons. The molecule has 5 nitrogen and oxygen atoms in total. The van der Waals surface area contributed by atoms with E-state index in [1.807, 2.05) is 19.9 Å². The minimum atomic E-state index is -0.519. The van der Waals surface area contributed by atoms with E-state index in [0.717, 1.165) is 4.88 Å². The maximum absolute atomic E-state index is 12.1. The van der Waals surface area contributed by atoms with E-state index in [1.165, 1.54) is 28.6 Å². The van der Waals surface area contributed by atoms with Gasteiger partial charge in [0.15, 0.2) is 0 Å². The first-order chi connectivity index (χ1) is 9.88. The molecule has 0 atom stereocenters. The highest BCUT2D eigenvalue weighted by molar-refractivity contribution is 9.10. The summed E-state index contributed by atoms with van der Waals surface area (Å²) in [5.41, 5.74) is 1.35. The van der Waals surface area contributed by atoms with Gasteiger partial charge >= 0.3 is 0 Å². The van der Waals surface area contributed by atoms with E-state index in [2.05, 4.69) is 21.2 Å². The molecule has 1 heterocycles. The van der Waals surface area contributed by atoms with Gasteiger partial charge in [-0.3, -0.25) is 14.9 Å². The van der Waals surface area contributed by atoms with E-state index >= 15 is 0 Å². The number of aryl methyl sites for hydroxylation is 2. The van der Waals surface area contributed by atoms with Crippen LogP contribution in [0.1, 0.15) is 25.7 Å². The molecule has 0 aliphatic heterocycles. The van der Waals surface area contributed by atoms with Crippen LogP contribution in [0.15, 0.2) is 28.7 Å². The molecular weight excluding hydrogens is 356 g/mol. The number of non-ortho nitro benzene ring substituents is 1. The lowest BCUT2D eigenvalue weighted by Gasteiger charge is -2.05. The lowest BCUT2D eigenvalue weighted by Crippen LogP contribution is -2.22. The fourth-order valence-corrected chi connectivity index (χ4v) is 3.22. The topological polar surface area (TPSA) is 72.2 Å². The third kappa shape index (κ3) is 3.68. The van der Waals surface area contributed by atoms with Crippen LogP contribution in [0, 0.1) is 24.0 Å². The fraction of sp³-hybridized carbons (Fsp3) is 0.214. The number of nitrogens with one attached hydrogen (secondary N) is 1. The molecule has 1 aromatic carbocycles. The fourth-order valence-electron chi connectivity index (χ4n) is 1.80. The molecule has 2 aromatic rings. The Morgan fingerprint density at radius 2 is 2.10 bits per heavy atom. The van der Waals surface area contributed by atoms with Crippen molar-refractivity contribution in [2.24, 2.45) is 0 Å². The zero-order chi connectivity index (χ0) is 15.6. The van der Waals surface area contributed by atoms with Crippen LogP contribution in [0.2, 0.25) is 0 Å². The molecule has 7 heteroatoms. The summed E-state index contributed by atoms with van der Waals surface area (Å²) in [5.74, 6) is -0.339. The van der Waals surface area contributed by atoms with Gasteiger partial charge in [0.05, 0.1) is 17.0 Å². The molecule has 21 heavy (non-hydrogen) atoms. The van der Waals surface area contributed by atoms with Gasteiger partial charge in [0.1, 0.15) is 0 Å². The van der Waals surface area contributed by atoms with Crippen LogP contribution < -0.4 is 5.32 Å². The van der Waals surface area contributed by atoms with Crippen LogP contribution in [-0.2, 0) is 6.54 Å². The summed E-state index contributed by atoms with van der Waals surface area (Å²) in [6, 6.07) is 6.16. The molecular formula is C14H13BrN2O3S. The normalized spacial score (nSPS) is 10.4. The van der Waals surface area contributed by atoms with Crippen molar-refractivity contribution in [2.75, 3.05) is 0 Å². The van der Waals surface area contributed by atoms with Crippen molar-refractivity contribution >= 4 is 38.9 Å². The zero-order valence-electron chi connectivity index (χ0n) is 11.5. The average Bonchev–Trinajstić information content (AvgIpc) is 2.75. The molecule has 1 N–H and O–H groups in total. The van der Waals surface area contributed by atoms with E-state index < -0.39 is 4.92 Å². The van der Waals surface area contributed by atoms with Gasteiger partial charge in [-0.2, -0.15) is 0 Å². The predicted molar refractivity (Wildman–Crippen MR) is 85.8 cm³/mol. The van der Waals surface area contributed by atoms with Gasteiger partial charge in [-0.1, -0.05) is 0 Å². The van der Waals surface area contributed by atoms with Crippen LogP contribution in [0.5, 0.6) is 0 Å². The van der Waals surface area contributed by atoms with E-state index in [0.29, 0.717) is 11.0 Å². The van der Waals surface area contributed by atoms with Gasteiger partial charge < -0.3 is 5.32 Å². The highest BCUT2D eigenvalue weighted by Gasteiger charge is 2.15. The maximum atomic E-state index is 12.1. The number of nitrogens with zero attached hydrogens (tertiary/aromatic N) is 1. The Balaban J connectivity index is 2.13. The quantitative estimate of drug-likeness (QED) is 0.655. The molecule has 0 radical (unpaired) electrons. The van der Waals surface area contributed by atoms with Crippen molar-refractivity contribution in [3.63, 3.8) is 0 Å². The molecule has 0 aliphatic carbocycles. The highest BCUT2D eigenvalue weighted by atomic mass is 79.9. The van der Waals surface area contributed by atoms with E-state index in [1.54, 1.807) is 11.3 Å². The number of halogens is 1. The van der Waals surface area contributed by atoms with Gasteiger partial charge in [-0.05, 0) is 47.5 Å². The Morgan fingerprint density at radius 1 is 1.38 bits per heavy atom. The summed E-state index contributed by atoms with van der Waals surface area (Å²) < 4.78 is 0.532. The molecule has 2 rings (SSSR count). The molecule has 0 bridgehead atoms. The number of hydrogen-bond donors (Lipinski definition) is 1. The summed E-state index contributed by atoms with van der Waals surface area (Å²) >= 11 is 4.87. The number of nitro benzene ring substituents is 1. The average molecular weight is 369 g/mol. The molecule has 0 fully saturated rings. The first-order valence-electron chi connectivity index (χ1n) is 6.16. The van der Waals surface area contributed by atoms with Crippen molar-refractivity contribution in [1.82, 2.24) is 5.32 Å². The van der Waals surface area contributed by atoms with Crippen LogP contribution in [0.3, 0.4) is 0 Å². The number of carbonyl (C=O) groups is 1. The number of nitro groups is 1. The zero-order valence-corrected chi connectivity index (χ0v) is 13.9. The number of thiophene rings is 1. The Morgan fingerprint density at radius 3 is 2.67 bits per heavy atom. The van der Waals surface area contributed by atoms with Crippen molar-refractivity contribution in [3.8, 4) is 0 Å². The van der Waals surface area contributed by atoms with Gasteiger partial charge in [-0.15, -0.1) is 11.3 Å². The maximum Gasteiger partial charge on any atom is 0.270 e. The summed E-state index contributed by atoms with van der Waals surface area (Å²) in [4.78, 5) is 24.7. The first-order valence-corrected chi connectivity index (χ1v) is 7.77. The minimum absolute atomic E-state index is 0.105. The van der Waals surface area contributed by atoms with Crippen molar-refractivity contribution in [2.45, 2.75) is 20.4 Å². The summed E-state index contributed by atoms with van der Waals surface area (Å²) in [6.45, 7) is 4.46. The monoisotopic (exact) mass is 368 g/mol. The SMILES string of the molecule is Cc1cc(CNC(=O)c2cc([N+](=O)[O-])ccc2Br)sc1C. The van der Waals surface area contributed by atoms with Crippen molar-refractivity contribution in [1.29, 1.82) is 0 Å². The molecule has 1 aromatic heterocycles. The van der Waals surface area contributed by atoms with Crippen LogP contribution >= 0.6 is 27.3 Å². The molecule has 0 spiro atoms. The molecule has 0 unspecified atom stereocenters. The van der Waals surface area contributed by atoms with Crippen LogP contribution in [0.4, 0.5) is 5.69 Å². The Labute approximate surface area is 134 Å². The summed E-state index contributed by atoms with van der Waals surface area (Å²) in [7, 11) is 0. The number of benzene rings is 1. The highest BCUT2D eigenvalue weighted by Crippen LogP contribution is 2.23. The molecule has 0 saturated heterocycles. The lowest BCUT2D eigenvalue weighted by atomic mass is 10.2. The van der Waals surface area contributed by atoms with Crippen molar-refractivity contribution in [3.05, 3.63) is 59.7 Å². The second-order valence-corrected chi connectivity index (χ2v) is 6.75. The third-order valence-electron chi connectivity index (χ3n) is 3.05. The lowest BCUT2D eigenvalue weighted by molar-refractivity contribution is -0.384. The number of carbonyl (C=O) groups excluding carboxylic acids is 1. The standard InChI is InChI=1S/C14H13BrN2O3S/c1-8-5-11(21-9(8)2)7-16-14(18)12-6-10(17(19)20)3-4-13(12)15/h3-6H,7H2,1-2H3,(H,16,18). The Bertz CT molecular complexity index is 693. The van der Waals surface area contributed by atoms with E-state index in [9.17, 15) is 14.9 Å². The van der Waals surface area contributed by atoms with Gasteiger partial charge in [-0.25, -0.2) is 0 Å². The first kappa shape index (κ1) is 15.7. The van der Waals surface area contributed by atoms with Crippen LogP contribution in [-0.4, -0.2) is 10.8 Å². The Kier molecular flexibility index (Phi) is 4.74. The third-order valence-corrected chi connectivity index (χ3v) is 4.89. The number of hydrogen-bond acceptors (Lipinski definition) is 4. The van der Waals surface area contributed by atoms with Gasteiger partial charge in [0.25, 0.3) is 11.6 Å². The van der Waals surface area contributed by atoms with Crippen molar-refractivity contribution < 1.29 is 9.72 Å². The smallest absolute Gasteiger partial charge is 0.270 e. The van der Waals surface area contributed by atoms with Gasteiger partial charge in [0, 0.05) is 26.4 Å². The number of rotatable bonds is 4. The summed E-state index contributed by atoms with van der Waals surface area (Å²) in [5, 5.41) is 13.5. The number of amides is 1. The Hall–Kier alpha value is -1.73. The second kappa shape index (κ2) is 6.36. The molecule has 1 amide bonds. The molecule has 0 saturated carbocycles. The van der Waals surface area contributed by atoms with Crippen LogP contribution in [0.25, 0.3) is 0 Å². The largest absolute Gasteiger partial charge is 0.347 e.